The lowest BCUT2D eigenvalue weighted by atomic mass is 10.1. The Kier molecular flexibility index (Phi) is 5.96. The Balaban J connectivity index is 2.05. The molecule has 2 aromatic rings. The summed E-state index contributed by atoms with van der Waals surface area (Å²) in [6.07, 6.45) is 2.03. The molecule has 2 aromatic carbocycles. The largest absolute Gasteiger partial charge is 0.356 e. The molecule has 0 aliphatic rings. The monoisotopic (exact) mass is 362 g/mol. The van der Waals surface area contributed by atoms with Gasteiger partial charge in [-0.2, -0.15) is 0 Å². The van der Waals surface area contributed by atoms with Crippen molar-refractivity contribution in [3.63, 3.8) is 0 Å². The highest BCUT2D eigenvalue weighted by Crippen LogP contribution is 2.19. The Hall–Kier alpha value is -1.92. The molecule has 0 radical (unpaired) electrons. The van der Waals surface area contributed by atoms with Gasteiger partial charge in [-0.25, -0.2) is 8.42 Å². The average molecular weight is 363 g/mol. The van der Waals surface area contributed by atoms with Crippen molar-refractivity contribution in [1.82, 2.24) is 5.32 Å². The first kappa shape index (κ1) is 18.4. The van der Waals surface area contributed by atoms with E-state index in [-0.39, 0.29) is 6.04 Å². The van der Waals surface area contributed by atoms with Crippen molar-refractivity contribution in [2.24, 2.45) is 0 Å². The van der Waals surface area contributed by atoms with Crippen LogP contribution in [0.4, 0.5) is 5.69 Å². The van der Waals surface area contributed by atoms with Crippen LogP contribution in [0, 0.1) is 6.92 Å². The molecular weight excluding hydrogens is 340 g/mol. The number of hydrogen-bond acceptors (Lipinski definition) is 3. The van der Waals surface area contributed by atoms with Gasteiger partial charge in [-0.15, -0.1) is 0 Å². The highest BCUT2D eigenvalue weighted by Gasteiger charge is 2.13. The standard InChI is InChI=1S/C18H22N2O2S2/c1-4-17(14-7-11-16(12-8-14)24(3,21)22)20-18(23)19-15-9-5-13(2)6-10-15/h5-12,17H,4H2,1-3H3,(H2,19,20,23)/t17-/m0/s1. The lowest BCUT2D eigenvalue weighted by Crippen LogP contribution is -2.32. The summed E-state index contributed by atoms with van der Waals surface area (Å²) in [7, 11) is -3.18. The van der Waals surface area contributed by atoms with E-state index in [1.54, 1.807) is 12.1 Å². The summed E-state index contributed by atoms with van der Waals surface area (Å²) >= 11 is 5.38. The number of rotatable bonds is 5. The van der Waals surface area contributed by atoms with Crippen LogP contribution in [0.3, 0.4) is 0 Å². The fourth-order valence-corrected chi connectivity index (χ4v) is 3.22. The summed E-state index contributed by atoms with van der Waals surface area (Å²) in [6.45, 7) is 4.09. The zero-order valence-corrected chi connectivity index (χ0v) is 15.7. The summed E-state index contributed by atoms with van der Waals surface area (Å²) in [5.41, 5.74) is 3.12. The van der Waals surface area contributed by atoms with Crippen LogP contribution >= 0.6 is 12.2 Å². The van der Waals surface area contributed by atoms with E-state index in [0.29, 0.717) is 10.0 Å². The van der Waals surface area contributed by atoms with Gasteiger partial charge in [0.1, 0.15) is 0 Å². The number of anilines is 1. The molecule has 0 saturated heterocycles. The molecule has 24 heavy (non-hydrogen) atoms. The van der Waals surface area contributed by atoms with Crippen LogP contribution in [0.1, 0.15) is 30.5 Å². The number of nitrogens with one attached hydrogen (secondary N) is 2. The third-order valence-electron chi connectivity index (χ3n) is 3.73. The first-order valence-electron chi connectivity index (χ1n) is 7.74. The zero-order valence-electron chi connectivity index (χ0n) is 14.0. The molecule has 0 heterocycles. The molecule has 0 spiro atoms. The molecule has 0 saturated carbocycles. The van der Waals surface area contributed by atoms with Crippen LogP contribution < -0.4 is 10.6 Å². The molecule has 128 valence electrons. The number of sulfone groups is 1. The second-order valence-electron chi connectivity index (χ2n) is 5.77. The molecule has 1 atom stereocenters. The van der Waals surface area contributed by atoms with Crippen molar-refractivity contribution in [3.05, 3.63) is 59.7 Å². The molecule has 4 nitrogen and oxygen atoms in total. The van der Waals surface area contributed by atoms with Gasteiger partial charge in [0.15, 0.2) is 14.9 Å². The number of aryl methyl sites for hydroxylation is 1. The van der Waals surface area contributed by atoms with E-state index >= 15 is 0 Å². The highest BCUT2D eigenvalue weighted by atomic mass is 32.2. The van der Waals surface area contributed by atoms with E-state index in [1.807, 2.05) is 43.3 Å². The van der Waals surface area contributed by atoms with Crippen molar-refractivity contribution in [1.29, 1.82) is 0 Å². The summed E-state index contributed by atoms with van der Waals surface area (Å²) in [5.74, 6) is 0. The molecule has 0 fully saturated rings. The molecule has 0 aromatic heterocycles. The maximum Gasteiger partial charge on any atom is 0.175 e. The second-order valence-corrected chi connectivity index (χ2v) is 8.19. The van der Waals surface area contributed by atoms with Crippen molar-refractivity contribution in [3.8, 4) is 0 Å². The number of hydrogen-bond donors (Lipinski definition) is 2. The van der Waals surface area contributed by atoms with Crippen LogP contribution in [-0.2, 0) is 9.84 Å². The average Bonchev–Trinajstić information content (AvgIpc) is 2.54. The highest BCUT2D eigenvalue weighted by molar-refractivity contribution is 7.90. The topological polar surface area (TPSA) is 58.2 Å². The number of benzene rings is 2. The Morgan fingerprint density at radius 3 is 2.17 bits per heavy atom. The first-order chi connectivity index (χ1) is 11.3. The van der Waals surface area contributed by atoms with Crippen molar-refractivity contribution >= 4 is 32.9 Å². The fourth-order valence-electron chi connectivity index (χ4n) is 2.33. The van der Waals surface area contributed by atoms with Crippen molar-refractivity contribution in [2.45, 2.75) is 31.2 Å². The van der Waals surface area contributed by atoms with Crippen LogP contribution in [0.15, 0.2) is 53.4 Å². The molecule has 0 unspecified atom stereocenters. The number of thiocarbonyl (C=S) groups is 1. The minimum atomic E-state index is -3.18. The molecule has 0 aliphatic heterocycles. The van der Waals surface area contributed by atoms with E-state index < -0.39 is 9.84 Å². The smallest absolute Gasteiger partial charge is 0.175 e. The molecule has 2 rings (SSSR count). The summed E-state index contributed by atoms with van der Waals surface area (Å²) in [6, 6.07) is 14.9. The van der Waals surface area contributed by atoms with Gasteiger partial charge in [-0.3, -0.25) is 0 Å². The first-order valence-corrected chi connectivity index (χ1v) is 10.0. The van der Waals surface area contributed by atoms with Gasteiger partial charge in [-0.1, -0.05) is 36.8 Å². The molecule has 0 amide bonds. The quantitative estimate of drug-likeness (QED) is 0.792. The molecule has 0 aliphatic carbocycles. The Bertz CT molecular complexity index is 798. The van der Waals surface area contributed by atoms with Crippen molar-refractivity contribution in [2.75, 3.05) is 11.6 Å². The van der Waals surface area contributed by atoms with Crippen LogP contribution in [0.5, 0.6) is 0 Å². The molecule has 2 N–H and O–H groups in total. The van der Waals surface area contributed by atoms with Gasteiger partial charge in [0.05, 0.1) is 10.9 Å². The van der Waals surface area contributed by atoms with Gasteiger partial charge >= 0.3 is 0 Å². The molecule has 6 heteroatoms. The van der Waals surface area contributed by atoms with E-state index in [2.05, 4.69) is 17.6 Å². The van der Waals surface area contributed by atoms with Crippen LogP contribution in [0.2, 0.25) is 0 Å². The minimum Gasteiger partial charge on any atom is -0.356 e. The summed E-state index contributed by atoms with van der Waals surface area (Å²) in [5, 5.41) is 6.98. The molecular formula is C18H22N2O2S2. The van der Waals surface area contributed by atoms with Crippen molar-refractivity contribution < 1.29 is 8.42 Å². The lowest BCUT2D eigenvalue weighted by molar-refractivity contribution is 0.601. The lowest BCUT2D eigenvalue weighted by Gasteiger charge is -2.20. The third kappa shape index (κ3) is 5.04. The summed E-state index contributed by atoms with van der Waals surface area (Å²) in [4.78, 5) is 0.321. The Labute approximate surface area is 149 Å². The normalized spacial score (nSPS) is 12.5. The van der Waals surface area contributed by atoms with Gasteiger partial charge in [-0.05, 0) is 55.4 Å². The van der Waals surface area contributed by atoms with Crippen LogP contribution in [0.25, 0.3) is 0 Å². The second kappa shape index (κ2) is 7.77. The van der Waals surface area contributed by atoms with Gasteiger partial charge in [0.2, 0.25) is 0 Å². The maximum atomic E-state index is 11.5. The third-order valence-corrected chi connectivity index (χ3v) is 5.08. The van der Waals surface area contributed by atoms with Gasteiger partial charge < -0.3 is 10.6 Å². The van der Waals surface area contributed by atoms with E-state index in [9.17, 15) is 8.42 Å². The zero-order chi connectivity index (χ0) is 17.7. The van der Waals surface area contributed by atoms with E-state index in [4.69, 9.17) is 12.2 Å². The maximum absolute atomic E-state index is 11.5. The predicted molar refractivity (Wildman–Crippen MR) is 103 cm³/mol. The molecule has 0 bridgehead atoms. The Morgan fingerprint density at radius 1 is 1.08 bits per heavy atom. The summed E-state index contributed by atoms with van der Waals surface area (Å²) < 4.78 is 23.1. The van der Waals surface area contributed by atoms with Gasteiger partial charge in [0.25, 0.3) is 0 Å². The van der Waals surface area contributed by atoms with Crippen LogP contribution in [-0.4, -0.2) is 19.8 Å². The fraction of sp³-hybridized carbons (Fsp3) is 0.278. The van der Waals surface area contributed by atoms with Gasteiger partial charge in [0, 0.05) is 11.9 Å². The predicted octanol–water partition coefficient (Wildman–Crippen LogP) is 3.84. The SMILES string of the molecule is CC[C@H](NC(=S)Nc1ccc(C)cc1)c1ccc(S(C)(=O)=O)cc1. The Morgan fingerprint density at radius 2 is 1.67 bits per heavy atom. The van der Waals surface area contributed by atoms with E-state index in [0.717, 1.165) is 17.7 Å². The van der Waals surface area contributed by atoms with E-state index in [1.165, 1.54) is 11.8 Å². The minimum absolute atomic E-state index is 0.0176.